The molecule has 1 aliphatic heterocycles. The Hall–Kier alpha value is 0.00494. The van der Waals surface area contributed by atoms with Crippen molar-refractivity contribution in [3.63, 3.8) is 0 Å². The SMILES string of the molecule is [B]C1CN([P+](=O)N(C)C)CC(O)O1. The zero-order valence-corrected chi connectivity index (χ0v) is 8.65. The molecule has 72 valence electrons. The summed E-state index contributed by atoms with van der Waals surface area (Å²) in [6, 6.07) is -0.567. The third-order valence-electron chi connectivity index (χ3n) is 1.67. The van der Waals surface area contributed by atoms with Gasteiger partial charge >= 0.3 is 8.10 Å². The molecule has 0 aromatic rings. The molecule has 0 spiro atoms. The maximum Gasteiger partial charge on any atom is 0.537 e. The summed E-state index contributed by atoms with van der Waals surface area (Å²) in [6.45, 7) is 0.617. The average molecular weight is 203 g/mol. The maximum atomic E-state index is 11.6. The van der Waals surface area contributed by atoms with Crippen LogP contribution in [0.15, 0.2) is 0 Å². The van der Waals surface area contributed by atoms with E-state index in [2.05, 4.69) is 0 Å². The van der Waals surface area contributed by atoms with E-state index in [-0.39, 0.29) is 6.54 Å². The van der Waals surface area contributed by atoms with Crippen LogP contribution in [-0.2, 0) is 9.30 Å². The molecule has 0 amide bonds. The van der Waals surface area contributed by atoms with E-state index in [4.69, 9.17) is 12.6 Å². The fourth-order valence-electron chi connectivity index (χ4n) is 1.14. The van der Waals surface area contributed by atoms with Crippen molar-refractivity contribution < 1.29 is 14.4 Å². The normalized spacial score (nSPS) is 32.2. The fourth-order valence-corrected chi connectivity index (χ4v) is 2.23. The highest BCUT2D eigenvalue weighted by Gasteiger charge is 2.37. The molecule has 3 unspecified atom stereocenters. The van der Waals surface area contributed by atoms with Crippen LogP contribution in [0, 0.1) is 0 Å². The second-order valence-electron chi connectivity index (χ2n) is 3.10. The number of ether oxygens (including phenoxy) is 1. The minimum atomic E-state index is -1.61. The van der Waals surface area contributed by atoms with Gasteiger partial charge in [-0.05, 0) is 4.57 Å². The predicted octanol–water partition coefficient (Wildman–Crippen LogP) is -0.649. The van der Waals surface area contributed by atoms with Gasteiger partial charge in [0.2, 0.25) is 0 Å². The van der Waals surface area contributed by atoms with Crippen molar-refractivity contribution in [2.45, 2.75) is 12.3 Å². The molecule has 1 fully saturated rings. The lowest BCUT2D eigenvalue weighted by atomic mass is 9.99. The highest BCUT2D eigenvalue weighted by Crippen LogP contribution is 2.31. The minimum absolute atomic E-state index is 0.237. The van der Waals surface area contributed by atoms with Crippen LogP contribution in [-0.4, -0.2) is 61.8 Å². The Balaban J connectivity index is 2.55. The Morgan fingerprint density at radius 1 is 1.62 bits per heavy atom. The third-order valence-corrected chi connectivity index (χ3v) is 3.17. The molecule has 0 bridgehead atoms. The van der Waals surface area contributed by atoms with Crippen LogP contribution in [0.2, 0.25) is 0 Å². The molecule has 3 atom stereocenters. The smallest absolute Gasteiger partial charge is 0.367 e. The van der Waals surface area contributed by atoms with Gasteiger partial charge in [0.05, 0.1) is 13.1 Å². The maximum absolute atomic E-state index is 11.6. The predicted molar refractivity (Wildman–Crippen MR) is 49.5 cm³/mol. The Labute approximate surface area is 80.0 Å². The molecule has 1 rings (SSSR count). The van der Waals surface area contributed by atoms with Gasteiger partial charge in [0.15, 0.2) is 6.29 Å². The molecule has 0 aliphatic carbocycles. The van der Waals surface area contributed by atoms with E-state index >= 15 is 0 Å². The fraction of sp³-hybridized carbons (Fsp3) is 1.00. The third kappa shape index (κ3) is 3.00. The lowest BCUT2D eigenvalue weighted by Crippen LogP contribution is -2.45. The molecular formula is C6H13BN2O3P+. The van der Waals surface area contributed by atoms with Gasteiger partial charge in [0.25, 0.3) is 0 Å². The summed E-state index contributed by atoms with van der Waals surface area (Å²) in [6.07, 6.45) is -0.942. The zero-order chi connectivity index (χ0) is 10.0. The largest absolute Gasteiger partial charge is 0.537 e. The lowest BCUT2D eigenvalue weighted by molar-refractivity contribution is -0.145. The van der Waals surface area contributed by atoms with Crippen LogP contribution in [0.3, 0.4) is 0 Å². The van der Waals surface area contributed by atoms with Crippen molar-refractivity contribution in [2.75, 3.05) is 27.2 Å². The van der Waals surface area contributed by atoms with Gasteiger partial charge in [0, 0.05) is 20.1 Å². The van der Waals surface area contributed by atoms with E-state index in [0.29, 0.717) is 6.54 Å². The van der Waals surface area contributed by atoms with Crippen LogP contribution in [0.25, 0.3) is 0 Å². The quantitative estimate of drug-likeness (QED) is 0.477. The van der Waals surface area contributed by atoms with E-state index in [1.807, 2.05) is 0 Å². The molecule has 5 nitrogen and oxygen atoms in total. The Morgan fingerprint density at radius 2 is 2.23 bits per heavy atom. The highest BCUT2D eigenvalue weighted by atomic mass is 31.1. The summed E-state index contributed by atoms with van der Waals surface area (Å²) >= 11 is 0. The molecule has 1 aliphatic rings. The standard InChI is InChI=1S/C6H13BN2O3P/c1-8(2)13(11)9-3-5(7)12-6(10)4-9/h5-6,10H,3-4H2,1-2H3/q+1. The summed E-state index contributed by atoms with van der Waals surface area (Å²) in [5.41, 5.74) is 0. The number of aliphatic hydroxyl groups is 1. The summed E-state index contributed by atoms with van der Waals surface area (Å²) in [5.74, 6) is 0. The van der Waals surface area contributed by atoms with Crippen molar-refractivity contribution >= 4 is 15.9 Å². The van der Waals surface area contributed by atoms with Crippen LogP contribution in [0.4, 0.5) is 0 Å². The van der Waals surface area contributed by atoms with Crippen LogP contribution >= 0.6 is 8.10 Å². The summed E-state index contributed by atoms with van der Waals surface area (Å²) in [4.78, 5) is 0. The first kappa shape index (κ1) is 11.1. The first-order valence-electron chi connectivity index (χ1n) is 3.99. The first-order chi connectivity index (χ1) is 6.00. The van der Waals surface area contributed by atoms with Crippen LogP contribution < -0.4 is 0 Å². The molecule has 1 heterocycles. The van der Waals surface area contributed by atoms with Crippen molar-refractivity contribution in [2.24, 2.45) is 0 Å². The van der Waals surface area contributed by atoms with Crippen LogP contribution in [0.5, 0.6) is 0 Å². The number of morpholine rings is 1. The van der Waals surface area contributed by atoms with E-state index < -0.39 is 20.4 Å². The van der Waals surface area contributed by atoms with Gasteiger partial charge in [-0.15, -0.1) is 0 Å². The first-order valence-corrected chi connectivity index (χ1v) is 5.15. The zero-order valence-electron chi connectivity index (χ0n) is 7.75. The molecule has 13 heavy (non-hydrogen) atoms. The highest BCUT2D eigenvalue weighted by molar-refractivity contribution is 7.39. The number of nitrogens with zero attached hydrogens (tertiary/aromatic N) is 2. The van der Waals surface area contributed by atoms with E-state index in [1.165, 1.54) is 0 Å². The van der Waals surface area contributed by atoms with Gasteiger partial charge < -0.3 is 9.84 Å². The number of rotatable bonds is 2. The number of aliphatic hydroxyl groups excluding tert-OH is 1. The molecule has 0 saturated carbocycles. The van der Waals surface area contributed by atoms with Crippen LogP contribution in [0.1, 0.15) is 0 Å². The van der Waals surface area contributed by atoms with Gasteiger partial charge in [-0.25, -0.2) is 0 Å². The summed E-state index contributed by atoms with van der Waals surface area (Å²) < 4.78 is 19.6. The lowest BCUT2D eigenvalue weighted by Gasteiger charge is -2.28. The Morgan fingerprint density at radius 3 is 2.69 bits per heavy atom. The van der Waals surface area contributed by atoms with Gasteiger partial charge in [-0.1, -0.05) is 9.34 Å². The molecule has 1 N–H and O–H groups in total. The van der Waals surface area contributed by atoms with Crippen molar-refractivity contribution in [3.05, 3.63) is 0 Å². The molecule has 0 aromatic carbocycles. The second kappa shape index (κ2) is 4.48. The van der Waals surface area contributed by atoms with E-state index in [1.54, 1.807) is 23.4 Å². The van der Waals surface area contributed by atoms with Gasteiger partial charge in [-0.2, -0.15) is 0 Å². The molecule has 2 radical (unpaired) electrons. The second-order valence-corrected chi connectivity index (χ2v) is 4.97. The minimum Gasteiger partial charge on any atom is -0.367 e. The molecular weight excluding hydrogens is 190 g/mol. The Kier molecular flexibility index (Phi) is 3.82. The molecule has 0 aromatic heterocycles. The van der Waals surface area contributed by atoms with Gasteiger partial charge in [-0.3, -0.25) is 0 Å². The van der Waals surface area contributed by atoms with E-state index in [9.17, 15) is 9.67 Å². The molecule has 7 heteroatoms. The molecule has 1 saturated heterocycles. The average Bonchev–Trinajstić information content (AvgIpc) is 2.01. The number of hydrogen-bond acceptors (Lipinski definition) is 3. The van der Waals surface area contributed by atoms with Crippen molar-refractivity contribution in [3.8, 4) is 0 Å². The topological polar surface area (TPSA) is 53.0 Å². The van der Waals surface area contributed by atoms with Crippen molar-refractivity contribution in [1.82, 2.24) is 9.34 Å². The van der Waals surface area contributed by atoms with Gasteiger partial charge in [0.1, 0.15) is 7.85 Å². The Bertz CT molecular complexity index is 194. The van der Waals surface area contributed by atoms with Crippen molar-refractivity contribution in [1.29, 1.82) is 0 Å². The monoisotopic (exact) mass is 203 g/mol. The van der Waals surface area contributed by atoms with E-state index in [0.717, 1.165) is 0 Å². The summed E-state index contributed by atoms with van der Waals surface area (Å²) in [7, 11) is 7.30. The summed E-state index contributed by atoms with van der Waals surface area (Å²) in [5, 5.41) is 9.19. The number of hydrogen-bond donors (Lipinski definition) is 1. The number of β-amino-alcohol motifs (C(OH)–C–C–N with tert-alkyl or cyclic N) is 1.